The third-order valence-corrected chi connectivity index (χ3v) is 3.19. The molecule has 118 valence electrons. The van der Waals surface area contributed by atoms with Gasteiger partial charge in [-0.2, -0.15) is 0 Å². The van der Waals surface area contributed by atoms with Gasteiger partial charge in [0.05, 0.1) is 6.54 Å². The minimum atomic E-state index is -0.666. The molecule has 0 spiro atoms. The molecule has 0 aromatic heterocycles. The van der Waals surface area contributed by atoms with Crippen molar-refractivity contribution < 1.29 is 14.6 Å². The molecule has 1 aromatic rings. The van der Waals surface area contributed by atoms with Gasteiger partial charge in [-0.25, -0.2) is 0 Å². The number of carbonyl (C=O) groups excluding carboxylic acids is 1. The Balaban J connectivity index is 2.45. The number of nitrogens with zero attached hydrogens (tertiary/aromatic N) is 1. The molecule has 0 saturated heterocycles. The van der Waals surface area contributed by atoms with Crippen LogP contribution >= 0.6 is 0 Å². The van der Waals surface area contributed by atoms with E-state index < -0.39 is 6.10 Å². The van der Waals surface area contributed by atoms with E-state index in [-0.39, 0.29) is 19.1 Å². The molecule has 0 bridgehead atoms. The largest absolute Gasteiger partial charge is 0.491 e. The maximum absolute atomic E-state index is 11.3. The first-order chi connectivity index (χ1) is 10.1. The molecule has 0 saturated carbocycles. The van der Waals surface area contributed by atoms with E-state index in [1.807, 2.05) is 36.1 Å². The van der Waals surface area contributed by atoms with Crippen LogP contribution in [0.15, 0.2) is 24.3 Å². The van der Waals surface area contributed by atoms with Crippen molar-refractivity contribution in [2.45, 2.75) is 19.6 Å². The second kappa shape index (κ2) is 9.33. The smallest absolute Gasteiger partial charge is 0.233 e. The van der Waals surface area contributed by atoms with Gasteiger partial charge in [0.2, 0.25) is 5.91 Å². The normalized spacial score (nSPS) is 12.2. The summed E-state index contributed by atoms with van der Waals surface area (Å²) in [5, 5.41) is 12.6. The Bertz CT molecular complexity index is 440. The number of ether oxygens (including phenoxy) is 1. The van der Waals surface area contributed by atoms with Gasteiger partial charge in [-0.3, -0.25) is 9.69 Å². The molecular weight excluding hydrogens is 270 g/mol. The summed E-state index contributed by atoms with van der Waals surface area (Å²) in [5.41, 5.74) is 6.54. The van der Waals surface area contributed by atoms with Gasteiger partial charge < -0.3 is 20.9 Å². The molecule has 0 aliphatic heterocycles. The molecule has 1 aromatic carbocycles. The number of rotatable bonds is 9. The van der Waals surface area contributed by atoms with Crippen LogP contribution in [0.1, 0.15) is 12.5 Å². The fourth-order valence-corrected chi connectivity index (χ4v) is 1.94. The second-order valence-electron chi connectivity index (χ2n) is 4.78. The van der Waals surface area contributed by atoms with Crippen LogP contribution < -0.4 is 15.8 Å². The monoisotopic (exact) mass is 295 g/mol. The molecule has 21 heavy (non-hydrogen) atoms. The first-order valence-electron chi connectivity index (χ1n) is 7.12. The highest BCUT2D eigenvalue weighted by Gasteiger charge is 2.14. The van der Waals surface area contributed by atoms with E-state index in [1.54, 1.807) is 7.05 Å². The van der Waals surface area contributed by atoms with Gasteiger partial charge in [0.25, 0.3) is 0 Å². The summed E-state index contributed by atoms with van der Waals surface area (Å²) in [6.45, 7) is 3.84. The van der Waals surface area contributed by atoms with Gasteiger partial charge in [-0.15, -0.1) is 0 Å². The summed E-state index contributed by atoms with van der Waals surface area (Å²) < 4.78 is 5.61. The SMILES string of the molecule is CCN(CC(=O)NC)CC(O)COc1ccccc1CN. The molecular formula is C15H25N3O3. The lowest BCUT2D eigenvalue weighted by molar-refractivity contribution is -0.122. The van der Waals surface area contributed by atoms with Crippen molar-refractivity contribution in [1.82, 2.24) is 10.2 Å². The van der Waals surface area contributed by atoms with E-state index in [0.717, 1.165) is 5.56 Å². The van der Waals surface area contributed by atoms with Gasteiger partial charge in [0, 0.05) is 25.7 Å². The lowest BCUT2D eigenvalue weighted by Gasteiger charge is -2.23. The minimum absolute atomic E-state index is 0.0709. The van der Waals surface area contributed by atoms with Gasteiger partial charge in [0.1, 0.15) is 18.5 Å². The summed E-state index contributed by atoms with van der Waals surface area (Å²) in [4.78, 5) is 13.2. The Labute approximate surface area is 125 Å². The molecule has 6 nitrogen and oxygen atoms in total. The van der Waals surface area contributed by atoms with Crippen LogP contribution in [0.4, 0.5) is 0 Å². The summed E-state index contributed by atoms with van der Waals surface area (Å²) in [7, 11) is 1.60. The zero-order valence-corrected chi connectivity index (χ0v) is 12.7. The molecule has 1 unspecified atom stereocenters. The number of likely N-dealkylation sites (N-methyl/N-ethyl adjacent to an activating group) is 2. The van der Waals surface area contributed by atoms with Crippen molar-refractivity contribution in [2.75, 3.05) is 33.3 Å². The quantitative estimate of drug-likeness (QED) is 0.595. The fraction of sp³-hybridized carbons (Fsp3) is 0.533. The van der Waals surface area contributed by atoms with Crippen molar-refractivity contribution in [3.8, 4) is 5.75 Å². The molecule has 6 heteroatoms. The van der Waals surface area contributed by atoms with E-state index in [2.05, 4.69) is 5.32 Å². The van der Waals surface area contributed by atoms with Crippen LogP contribution in [0, 0.1) is 0 Å². The van der Waals surface area contributed by atoms with Crippen LogP contribution in [0.2, 0.25) is 0 Å². The maximum atomic E-state index is 11.3. The first-order valence-corrected chi connectivity index (χ1v) is 7.12. The second-order valence-corrected chi connectivity index (χ2v) is 4.78. The predicted molar refractivity (Wildman–Crippen MR) is 82.0 cm³/mol. The Kier molecular flexibility index (Phi) is 7.74. The summed E-state index contributed by atoms with van der Waals surface area (Å²) >= 11 is 0. The number of amides is 1. The highest BCUT2D eigenvalue weighted by molar-refractivity contribution is 5.77. The topological polar surface area (TPSA) is 87.8 Å². The number of hydrogen-bond acceptors (Lipinski definition) is 5. The zero-order valence-electron chi connectivity index (χ0n) is 12.7. The number of nitrogens with two attached hydrogens (primary N) is 1. The number of para-hydroxylation sites is 1. The van der Waals surface area contributed by atoms with E-state index in [4.69, 9.17) is 10.5 Å². The van der Waals surface area contributed by atoms with Crippen molar-refractivity contribution >= 4 is 5.91 Å². The molecule has 1 atom stereocenters. The third-order valence-electron chi connectivity index (χ3n) is 3.19. The zero-order chi connectivity index (χ0) is 15.7. The maximum Gasteiger partial charge on any atom is 0.233 e. The van der Waals surface area contributed by atoms with E-state index in [9.17, 15) is 9.90 Å². The van der Waals surface area contributed by atoms with Gasteiger partial charge in [-0.1, -0.05) is 25.1 Å². The predicted octanol–water partition coefficient (Wildman–Crippen LogP) is -0.0471. The number of benzene rings is 1. The Morgan fingerprint density at radius 2 is 2.19 bits per heavy atom. The minimum Gasteiger partial charge on any atom is -0.491 e. The third kappa shape index (κ3) is 6.12. The molecule has 0 aliphatic rings. The van der Waals surface area contributed by atoms with E-state index >= 15 is 0 Å². The Hall–Kier alpha value is -1.63. The number of hydrogen-bond donors (Lipinski definition) is 3. The molecule has 4 N–H and O–H groups in total. The average molecular weight is 295 g/mol. The molecule has 1 rings (SSSR count). The van der Waals surface area contributed by atoms with Crippen LogP contribution in [0.5, 0.6) is 5.75 Å². The van der Waals surface area contributed by atoms with Crippen LogP contribution in [-0.4, -0.2) is 55.3 Å². The van der Waals surface area contributed by atoms with Crippen LogP contribution in [0.25, 0.3) is 0 Å². The summed E-state index contributed by atoms with van der Waals surface area (Å²) in [6, 6.07) is 7.49. The number of aliphatic hydroxyl groups excluding tert-OH is 1. The van der Waals surface area contributed by atoms with Crippen LogP contribution in [0.3, 0.4) is 0 Å². The summed E-state index contributed by atoms with van der Waals surface area (Å²) in [5.74, 6) is 0.617. The van der Waals surface area contributed by atoms with Crippen molar-refractivity contribution in [2.24, 2.45) is 5.73 Å². The molecule has 0 heterocycles. The number of nitrogens with one attached hydrogen (secondary N) is 1. The molecule has 0 aliphatic carbocycles. The summed E-state index contributed by atoms with van der Waals surface area (Å²) in [6.07, 6.45) is -0.666. The molecule has 1 amide bonds. The highest BCUT2D eigenvalue weighted by atomic mass is 16.5. The van der Waals surface area contributed by atoms with Crippen molar-refractivity contribution in [3.63, 3.8) is 0 Å². The van der Waals surface area contributed by atoms with E-state index in [0.29, 0.717) is 25.4 Å². The van der Waals surface area contributed by atoms with Crippen molar-refractivity contribution in [1.29, 1.82) is 0 Å². The van der Waals surface area contributed by atoms with E-state index in [1.165, 1.54) is 0 Å². The lowest BCUT2D eigenvalue weighted by atomic mass is 10.2. The Morgan fingerprint density at radius 3 is 2.81 bits per heavy atom. The molecule has 0 fully saturated rings. The fourth-order valence-electron chi connectivity index (χ4n) is 1.94. The highest BCUT2D eigenvalue weighted by Crippen LogP contribution is 2.17. The van der Waals surface area contributed by atoms with Gasteiger partial charge in [0.15, 0.2) is 0 Å². The lowest BCUT2D eigenvalue weighted by Crippen LogP contribution is -2.41. The van der Waals surface area contributed by atoms with Gasteiger partial charge in [-0.05, 0) is 12.6 Å². The average Bonchev–Trinajstić information content (AvgIpc) is 2.52. The number of aliphatic hydroxyl groups is 1. The standard InChI is InChI=1S/C15H25N3O3/c1-3-18(10-15(20)17-2)9-13(19)11-21-14-7-5-4-6-12(14)8-16/h4-7,13,19H,3,8-11,16H2,1-2H3,(H,17,20). The number of carbonyl (C=O) groups is 1. The van der Waals surface area contributed by atoms with Gasteiger partial charge >= 0.3 is 0 Å². The first kappa shape index (κ1) is 17.4. The Morgan fingerprint density at radius 1 is 1.48 bits per heavy atom. The van der Waals surface area contributed by atoms with Crippen molar-refractivity contribution in [3.05, 3.63) is 29.8 Å². The molecule has 0 radical (unpaired) electrons. The van der Waals surface area contributed by atoms with Crippen LogP contribution in [-0.2, 0) is 11.3 Å².